The third-order valence-electron chi connectivity index (χ3n) is 3.06. The van der Waals surface area contributed by atoms with Gasteiger partial charge in [-0.05, 0) is 26.7 Å². The number of rotatable bonds is 2. The van der Waals surface area contributed by atoms with Crippen LogP contribution in [-0.4, -0.2) is 30.3 Å². The average Bonchev–Trinajstić information content (AvgIpc) is 2.59. The first-order valence-electron chi connectivity index (χ1n) is 5.67. The van der Waals surface area contributed by atoms with Crippen LogP contribution in [-0.2, 0) is 10.0 Å². The van der Waals surface area contributed by atoms with Gasteiger partial charge in [-0.1, -0.05) is 17.8 Å². The number of anilines is 1. The van der Waals surface area contributed by atoms with Crippen LogP contribution in [0.1, 0.15) is 31.9 Å². The molecule has 1 saturated heterocycles. The molecule has 0 amide bonds. The lowest BCUT2D eigenvalue weighted by molar-refractivity contribution is 0.269. The summed E-state index contributed by atoms with van der Waals surface area (Å²) in [7, 11) is -3.41. The molecule has 17 heavy (non-hydrogen) atoms. The van der Waals surface area contributed by atoms with Crippen LogP contribution < -0.4 is 5.73 Å². The van der Waals surface area contributed by atoms with Crippen molar-refractivity contribution in [3.8, 4) is 0 Å². The topological polar surface area (TPSA) is 76.3 Å². The van der Waals surface area contributed by atoms with Gasteiger partial charge in [0.2, 0.25) is 0 Å². The highest BCUT2D eigenvalue weighted by atomic mass is 32.2. The normalized spacial score (nSPS) is 22.8. The van der Waals surface area contributed by atoms with Crippen LogP contribution in [0.5, 0.6) is 0 Å². The number of nitrogens with zero attached hydrogens (tertiary/aromatic N) is 2. The second-order valence-electron chi connectivity index (χ2n) is 4.39. The summed E-state index contributed by atoms with van der Waals surface area (Å²) >= 11 is 1.05. The van der Waals surface area contributed by atoms with Crippen molar-refractivity contribution in [1.82, 2.24) is 9.29 Å². The zero-order chi connectivity index (χ0) is 12.6. The fourth-order valence-corrected chi connectivity index (χ4v) is 5.29. The summed E-state index contributed by atoms with van der Waals surface area (Å²) in [6.45, 7) is 4.24. The van der Waals surface area contributed by atoms with E-state index in [0.717, 1.165) is 30.6 Å². The quantitative estimate of drug-likeness (QED) is 0.889. The molecule has 1 aromatic heterocycles. The molecule has 5 nitrogen and oxygen atoms in total. The van der Waals surface area contributed by atoms with Crippen molar-refractivity contribution < 1.29 is 8.42 Å². The molecule has 1 aromatic rings. The van der Waals surface area contributed by atoms with Crippen LogP contribution >= 0.6 is 11.3 Å². The van der Waals surface area contributed by atoms with E-state index in [-0.39, 0.29) is 6.04 Å². The third-order valence-corrected chi connectivity index (χ3v) is 6.64. The van der Waals surface area contributed by atoms with Gasteiger partial charge in [0, 0.05) is 12.6 Å². The second-order valence-corrected chi connectivity index (χ2v) is 7.50. The number of piperidine rings is 1. The number of thiazole rings is 1. The summed E-state index contributed by atoms with van der Waals surface area (Å²) in [5, 5.41) is 0.311. The van der Waals surface area contributed by atoms with E-state index < -0.39 is 10.0 Å². The third kappa shape index (κ3) is 2.31. The maximum Gasteiger partial charge on any atom is 0.254 e. The molecule has 0 bridgehead atoms. The van der Waals surface area contributed by atoms with Crippen LogP contribution in [0.2, 0.25) is 0 Å². The smallest absolute Gasteiger partial charge is 0.254 e. The molecule has 0 aliphatic carbocycles. The molecule has 2 N–H and O–H groups in total. The number of aromatic nitrogens is 1. The Labute approximate surface area is 106 Å². The number of hydrogen-bond donors (Lipinski definition) is 1. The van der Waals surface area contributed by atoms with Gasteiger partial charge in [0.15, 0.2) is 9.34 Å². The number of hydrogen-bond acceptors (Lipinski definition) is 5. The van der Waals surface area contributed by atoms with Crippen LogP contribution in [0.4, 0.5) is 5.13 Å². The van der Waals surface area contributed by atoms with Crippen molar-refractivity contribution in [2.45, 2.75) is 43.4 Å². The lowest BCUT2D eigenvalue weighted by Crippen LogP contribution is -2.41. The fraction of sp³-hybridized carbons (Fsp3) is 0.700. The summed E-state index contributed by atoms with van der Waals surface area (Å²) in [5.74, 6) is 0. The minimum Gasteiger partial charge on any atom is -0.375 e. The molecule has 0 spiro atoms. The first kappa shape index (κ1) is 12.8. The van der Waals surface area contributed by atoms with Gasteiger partial charge in [-0.3, -0.25) is 0 Å². The summed E-state index contributed by atoms with van der Waals surface area (Å²) in [6.07, 6.45) is 2.94. The van der Waals surface area contributed by atoms with Crippen molar-refractivity contribution >= 4 is 26.5 Å². The largest absolute Gasteiger partial charge is 0.375 e. The summed E-state index contributed by atoms with van der Waals surface area (Å²) in [6, 6.07) is 0.0662. The predicted octanol–water partition coefficient (Wildman–Crippen LogP) is 1.60. The first-order valence-corrected chi connectivity index (χ1v) is 7.93. The molecule has 2 heterocycles. The van der Waals surface area contributed by atoms with Crippen molar-refractivity contribution in [3.63, 3.8) is 0 Å². The maximum absolute atomic E-state index is 12.5. The van der Waals surface area contributed by atoms with E-state index in [2.05, 4.69) is 4.98 Å². The standard InChI is InChI=1S/C10H17N3O2S2/c1-7-5-3-4-6-13(7)17(14,15)9-8(2)12-10(11)16-9/h7H,3-6H2,1-2H3,(H2,11,12). The Kier molecular flexibility index (Phi) is 3.42. The zero-order valence-corrected chi connectivity index (χ0v) is 11.6. The Balaban J connectivity index is 2.39. The highest BCUT2D eigenvalue weighted by Crippen LogP contribution is 2.31. The zero-order valence-electron chi connectivity index (χ0n) is 10.0. The van der Waals surface area contributed by atoms with Crippen molar-refractivity contribution in [1.29, 1.82) is 0 Å². The van der Waals surface area contributed by atoms with Crippen LogP contribution in [0.3, 0.4) is 0 Å². The molecule has 0 aromatic carbocycles. The second kappa shape index (κ2) is 4.55. The Morgan fingerprint density at radius 2 is 2.18 bits per heavy atom. The van der Waals surface area contributed by atoms with Crippen LogP contribution in [0.15, 0.2) is 4.21 Å². The monoisotopic (exact) mass is 275 g/mol. The van der Waals surface area contributed by atoms with Gasteiger partial charge in [0.05, 0.1) is 5.69 Å². The van der Waals surface area contributed by atoms with Gasteiger partial charge < -0.3 is 5.73 Å². The Hall–Kier alpha value is -0.660. The summed E-state index contributed by atoms with van der Waals surface area (Å²) in [5.41, 5.74) is 6.07. The molecular weight excluding hydrogens is 258 g/mol. The highest BCUT2D eigenvalue weighted by molar-refractivity contribution is 7.91. The van der Waals surface area contributed by atoms with Gasteiger partial charge in [0.25, 0.3) is 10.0 Å². The number of aryl methyl sites for hydroxylation is 1. The Morgan fingerprint density at radius 1 is 1.47 bits per heavy atom. The average molecular weight is 275 g/mol. The van der Waals surface area contributed by atoms with E-state index in [0.29, 0.717) is 21.6 Å². The Bertz CT molecular complexity index is 510. The number of nitrogen functional groups attached to an aromatic ring is 1. The van der Waals surface area contributed by atoms with Gasteiger partial charge in [0.1, 0.15) is 0 Å². The van der Waals surface area contributed by atoms with Gasteiger partial charge in [-0.25, -0.2) is 13.4 Å². The molecule has 0 saturated carbocycles. The molecule has 1 aliphatic heterocycles. The number of sulfonamides is 1. The fourth-order valence-electron chi connectivity index (χ4n) is 2.18. The minimum atomic E-state index is -3.41. The van der Waals surface area contributed by atoms with Gasteiger partial charge in [-0.2, -0.15) is 4.31 Å². The lowest BCUT2D eigenvalue weighted by Gasteiger charge is -2.31. The van der Waals surface area contributed by atoms with Crippen LogP contribution in [0.25, 0.3) is 0 Å². The highest BCUT2D eigenvalue weighted by Gasteiger charge is 2.33. The molecule has 0 radical (unpaired) electrons. The van der Waals surface area contributed by atoms with Crippen molar-refractivity contribution in [3.05, 3.63) is 5.69 Å². The van der Waals surface area contributed by atoms with E-state index in [1.165, 1.54) is 0 Å². The molecule has 1 unspecified atom stereocenters. The van der Waals surface area contributed by atoms with E-state index in [4.69, 9.17) is 5.73 Å². The molecule has 96 valence electrons. The molecule has 1 aliphatic rings. The SMILES string of the molecule is Cc1nc(N)sc1S(=O)(=O)N1CCCCC1C. The predicted molar refractivity (Wildman–Crippen MR) is 68.5 cm³/mol. The maximum atomic E-state index is 12.5. The van der Waals surface area contributed by atoms with Crippen molar-refractivity contribution in [2.24, 2.45) is 0 Å². The molecule has 7 heteroatoms. The van der Waals surface area contributed by atoms with Crippen molar-refractivity contribution in [2.75, 3.05) is 12.3 Å². The number of nitrogens with two attached hydrogens (primary N) is 1. The lowest BCUT2D eigenvalue weighted by atomic mass is 10.1. The van der Waals surface area contributed by atoms with E-state index >= 15 is 0 Å². The Morgan fingerprint density at radius 3 is 2.71 bits per heavy atom. The van der Waals surface area contributed by atoms with Gasteiger partial charge >= 0.3 is 0 Å². The van der Waals surface area contributed by atoms with E-state index in [1.54, 1.807) is 11.2 Å². The molecule has 1 atom stereocenters. The minimum absolute atomic E-state index is 0.0662. The van der Waals surface area contributed by atoms with E-state index in [1.807, 2.05) is 6.92 Å². The van der Waals surface area contributed by atoms with Gasteiger partial charge in [-0.15, -0.1) is 0 Å². The first-order chi connectivity index (χ1) is 7.93. The van der Waals surface area contributed by atoms with E-state index in [9.17, 15) is 8.42 Å². The molecule has 2 rings (SSSR count). The summed E-state index contributed by atoms with van der Waals surface area (Å²) in [4.78, 5) is 3.99. The molecule has 1 fully saturated rings. The summed E-state index contributed by atoms with van der Waals surface area (Å²) < 4.78 is 26.8. The molecular formula is C10H17N3O2S2. The van der Waals surface area contributed by atoms with Crippen LogP contribution in [0, 0.1) is 6.92 Å².